The fraction of sp³-hybridized carbons (Fsp3) is 0.143. The van der Waals surface area contributed by atoms with Crippen LogP contribution < -0.4 is 0 Å². The van der Waals surface area contributed by atoms with E-state index in [0.29, 0.717) is 22.9 Å². The number of ketones is 1. The first kappa shape index (κ1) is 21.4. The normalized spacial score (nSPS) is 12.6. The number of hydrogen-bond acceptors (Lipinski definition) is 3. The second-order valence-electron chi connectivity index (χ2n) is 6.32. The molecule has 0 atom stereocenters. The van der Waals surface area contributed by atoms with Gasteiger partial charge in [-0.3, -0.25) is 4.79 Å². The van der Waals surface area contributed by atoms with Gasteiger partial charge in [-0.05, 0) is 16.8 Å². The highest BCUT2D eigenvalue weighted by Crippen LogP contribution is 2.53. The first-order valence-electron chi connectivity index (χ1n) is 8.43. The van der Waals surface area contributed by atoms with E-state index in [1.165, 1.54) is 18.2 Å². The van der Waals surface area contributed by atoms with Gasteiger partial charge in [-0.25, -0.2) is 4.79 Å². The second-order valence-corrected chi connectivity index (χ2v) is 6.32. The van der Waals surface area contributed by atoms with Gasteiger partial charge in [0.2, 0.25) is 0 Å². The molecule has 0 aliphatic heterocycles. The number of benzene rings is 3. The van der Waals surface area contributed by atoms with E-state index in [2.05, 4.69) is 4.74 Å². The number of fused-ring (bicyclic) bond motifs is 1. The second kappa shape index (κ2) is 7.47. The zero-order chi connectivity index (χ0) is 22.2. The molecule has 3 aromatic rings. The maximum atomic E-state index is 13.7. The summed E-state index contributed by atoms with van der Waals surface area (Å²) in [5.74, 6) is -3.90. The number of hydrogen-bond donors (Lipinski definition) is 0. The van der Waals surface area contributed by atoms with Crippen molar-refractivity contribution >= 4 is 22.5 Å². The summed E-state index contributed by atoms with van der Waals surface area (Å²) in [4.78, 5) is 24.5. The lowest BCUT2D eigenvalue weighted by Gasteiger charge is -2.36. The number of ether oxygens (including phenoxy) is 1. The van der Waals surface area contributed by atoms with Crippen LogP contribution in [0.2, 0.25) is 0 Å². The molecule has 0 saturated heterocycles. The number of carbonyl (C=O) groups excluding carboxylic acids is 2. The lowest BCUT2D eigenvalue weighted by molar-refractivity contribution is -0.376. The lowest BCUT2D eigenvalue weighted by Crippen LogP contribution is -2.57. The third-order valence-electron chi connectivity index (χ3n) is 4.42. The van der Waals surface area contributed by atoms with Gasteiger partial charge < -0.3 is 4.74 Å². The summed E-state index contributed by atoms with van der Waals surface area (Å²) in [7, 11) is 0. The van der Waals surface area contributed by atoms with E-state index < -0.39 is 40.8 Å². The molecule has 0 aliphatic carbocycles. The Balaban J connectivity index is 2.05. The van der Waals surface area contributed by atoms with Gasteiger partial charge in [0.15, 0.2) is 0 Å². The van der Waals surface area contributed by atoms with E-state index in [0.717, 1.165) is 18.2 Å². The monoisotopic (exact) mass is 426 g/mol. The van der Waals surface area contributed by atoms with E-state index in [9.17, 15) is 35.9 Å². The molecule has 0 fully saturated rings. The van der Waals surface area contributed by atoms with Crippen molar-refractivity contribution in [1.82, 2.24) is 0 Å². The number of rotatable bonds is 4. The van der Waals surface area contributed by atoms with Gasteiger partial charge in [-0.2, -0.15) is 26.3 Å². The van der Waals surface area contributed by atoms with E-state index >= 15 is 0 Å². The highest BCUT2D eigenvalue weighted by atomic mass is 19.4. The number of Topliss-reactive ketones (excluding diaryl/α,β-unsaturated/α-hetero) is 1. The molecule has 0 aliphatic rings. The Labute approximate surface area is 165 Å². The quantitative estimate of drug-likeness (QED) is 0.237. The molecule has 0 heterocycles. The third-order valence-corrected chi connectivity index (χ3v) is 4.42. The molecule has 0 spiro atoms. The maximum Gasteiger partial charge on any atom is 0.442 e. The Morgan fingerprint density at radius 1 is 0.667 bits per heavy atom. The highest BCUT2D eigenvalue weighted by Gasteiger charge is 2.75. The molecular weight excluding hydrogens is 414 g/mol. The minimum absolute atomic E-state index is 0.398. The number of carbonyl (C=O) groups is 2. The van der Waals surface area contributed by atoms with Gasteiger partial charge in [-0.1, -0.05) is 66.7 Å². The molecule has 0 saturated carbocycles. The first-order chi connectivity index (χ1) is 14.0. The van der Waals surface area contributed by atoms with Crippen molar-refractivity contribution in [2.45, 2.75) is 18.0 Å². The van der Waals surface area contributed by atoms with Crippen LogP contribution in [0.5, 0.6) is 0 Å². The fourth-order valence-corrected chi connectivity index (χ4v) is 2.97. The summed E-state index contributed by atoms with van der Waals surface area (Å²) in [5, 5.41) is 1.13. The standard InChI is InChI=1S/C21H12F6O3/c22-20(23,24)19(21(25,26)27,16-8-2-1-3-9-16)30-18(29)17(28)15-11-10-13-6-4-5-7-14(13)12-15/h1-12H. The van der Waals surface area contributed by atoms with E-state index in [-0.39, 0.29) is 0 Å². The van der Waals surface area contributed by atoms with Crippen molar-refractivity contribution in [2.75, 3.05) is 0 Å². The van der Waals surface area contributed by atoms with Crippen LogP contribution in [0.25, 0.3) is 10.8 Å². The van der Waals surface area contributed by atoms with Gasteiger partial charge >= 0.3 is 23.9 Å². The molecule has 3 rings (SSSR count). The Kier molecular flexibility index (Phi) is 5.32. The zero-order valence-corrected chi connectivity index (χ0v) is 14.9. The summed E-state index contributed by atoms with van der Waals surface area (Å²) < 4.78 is 86.0. The Hall–Kier alpha value is -3.36. The first-order valence-corrected chi connectivity index (χ1v) is 8.43. The average Bonchev–Trinajstić information content (AvgIpc) is 2.69. The Morgan fingerprint density at radius 3 is 1.77 bits per heavy atom. The zero-order valence-electron chi connectivity index (χ0n) is 14.9. The molecule has 30 heavy (non-hydrogen) atoms. The molecular formula is C21H12F6O3. The summed E-state index contributed by atoms with van der Waals surface area (Å²) in [6.45, 7) is 0. The lowest BCUT2D eigenvalue weighted by atomic mass is 9.91. The number of halogens is 6. The van der Waals surface area contributed by atoms with E-state index in [4.69, 9.17) is 0 Å². The highest BCUT2D eigenvalue weighted by molar-refractivity contribution is 6.41. The molecule has 0 aromatic heterocycles. The van der Waals surface area contributed by atoms with Crippen LogP contribution in [0.3, 0.4) is 0 Å². The average molecular weight is 426 g/mol. The maximum absolute atomic E-state index is 13.7. The third kappa shape index (κ3) is 3.62. The molecule has 0 unspecified atom stereocenters. The van der Waals surface area contributed by atoms with Crippen LogP contribution in [0, 0.1) is 0 Å². The van der Waals surface area contributed by atoms with Crippen LogP contribution in [-0.2, 0) is 15.1 Å². The van der Waals surface area contributed by atoms with Crippen LogP contribution in [-0.4, -0.2) is 24.1 Å². The summed E-state index contributed by atoms with van der Waals surface area (Å²) in [6.07, 6.45) is -12.2. The van der Waals surface area contributed by atoms with Gasteiger partial charge in [0, 0.05) is 11.1 Å². The predicted octanol–water partition coefficient (Wildman–Crippen LogP) is 5.59. The van der Waals surface area contributed by atoms with Crippen molar-refractivity contribution in [3.05, 3.63) is 83.9 Å². The SMILES string of the molecule is O=C(OC(c1ccccc1)(C(F)(F)F)C(F)(F)F)C(=O)c1ccc2ccccc2c1. The Morgan fingerprint density at radius 2 is 1.20 bits per heavy atom. The summed E-state index contributed by atoms with van der Waals surface area (Å²) in [5.41, 5.74) is -6.76. The fourth-order valence-electron chi connectivity index (χ4n) is 2.97. The Bertz CT molecular complexity index is 1070. The van der Waals surface area contributed by atoms with E-state index in [1.807, 2.05) is 0 Å². The summed E-state index contributed by atoms with van der Waals surface area (Å²) >= 11 is 0. The molecule has 0 bridgehead atoms. The van der Waals surface area contributed by atoms with Crippen molar-refractivity contribution in [3.63, 3.8) is 0 Å². The van der Waals surface area contributed by atoms with Crippen molar-refractivity contribution < 1.29 is 40.7 Å². The van der Waals surface area contributed by atoms with Crippen LogP contribution >= 0.6 is 0 Å². The van der Waals surface area contributed by atoms with Gasteiger partial charge in [0.25, 0.3) is 5.78 Å². The topological polar surface area (TPSA) is 43.4 Å². The molecule has 0 N–H and O–H groups in total. The minimum Gasteiger partial charge on any atom is -0.428 e. The van der Waals surface area contributed by atoms with Crippen molar-refractivity contribution in [2.24, 2.45) is 0 Å². The summed E-state index contributed by atoms with van der Waals surface area (Å²) in [6, 6.07) is 14.4. The van der Waals surface area contributed by atoms with E-state index in [1.54, 1.807) is 24.3 Å². The van der Waals surface area contributed by atoms with Crippen LogP contribution in [0.4, 0.5) is 26.3 Å². The van der Waals surface area contributed by atoms with Crippen molar-refractivity contribution in [1.29, 1.82) is 0 Å². The van der Waals surface area contributed by atoms with Gasteiger partial charge in [0.05, 0.1) is 0 Å². The smallest absolute Gasteiger partial charge is 0.428 e. The molecule has 156 valence electrons. The van der Waals surface area contributed by atoms with Crippen molar-refractivity contribution in [3.8, 4) is 0 Å². The molecule has 3 nitrogen and oxygen atoms in total. The van der Waals surface area contributed by atoms with Crippen LogP contribution in [0.1, 0.15) is 15.9 Å². The molecule has 0 amide bonds. The predicted molar refractivity (Wildman–Crippen MR) is 94.6 cm³/mol. The minimum atomic E-state index is -6.08. The molecule has 3 aromatic carbocycles. The van der Waals surface area contributed by atoms with Gasteiger partial charge in [-0.15, -0.1) is 0 Å². The van der Waals surface area contributed by atoms with Crippen LogP contribution in [0.15, 0.2) is 72.8 Å². The molecule has 9 heteroatoms. The number of esters is 1. The van der Waals surface area contributed by atoms with Gasteiger partial charge in [0.1, 0.15) is 0 Å². The largest absolute Gasteiger partial charge is 0.442 e. The molecule has 0 radical (unpaired) electrons. The number of alkyl halides is 6.